The lowest BCUT2D eigenvalue weighted by molar-refractivity contribution is -0.136. The summed E-state index contributed by atoms with van der Waals surface area (Å²) in [5.74, 6) is 1.46. The van der Waals surface area contributed by atoms with Gasteiger partial charge in [-0.25, -0.2) is 0 Å². The maximum atomic E-state index is 12.5. The molecule has 1 aromatic rings. The van der Waals surface area contributed by atoms with Crippen molar-refractivity contribution in [2.24, 2.45) is 17.3 Å². The molecule has 4 rings (SSSR count). The number of rotatable bonds is 5. The highest BCUT2D eigenvalue weighted by Gasteiger charge is 2.50. The zero-order chi connectivity index (χ0) is 16.6. The lowest BCUT2D eigenvalue weighted by atomic mass is 9.74. The van der Waals surface area contributed by atoms with E-state index in [-0.39, 0.29) is 12.0 Å². The van der Waals surface area contributed by atoms with Crippen molar-refractivity contribution in [2.75, 3.05) is 32.8 Å². The van der Waals surface area contributed by atoms with Gasteiger partial charge in [0.2, 0.25) is 5.91 Å². The van der Waals surface area contributed by atoms with Gasteiger partial charge in [-0.2, -0.15) is 0 Å². The van der Waals surface area contributed by atoms with Gasteiger partial charge in [0.25, 0.3) is 0 Å². The fraction of sp³-hybridized carbons (Fsp3) is 0.650. The standard InChI is InChI=1S/C20H28N2O2/c23-15-20-13-21(11-17-4-2-1-3-5-17)12-18(20)8-9-22(14-20)19(24)10-16-6-7-16/h1-5,16,18,23H,6-15H2/t18-,20-/m0/s1. The molecule has 1 N–H and O–H groups in total. The Kier molecular flexibility index (Phi) is 4.35. The third-order valence-corrected chi connectivity index (χ3v) is 6.21. The predicted molar refractivity (Wildman–Crippen MR) is 93.3 cm³/mol. The van der Waals surface area contributed by atoms with Crippen LogP contribution < -0.4 is 0 Å². The minimum Gasteiger partial charge on any atom is -0.396 e. The minimum atomic E-state index is -0.119. The first kappa shape index (κ1) is 16.1. The van der Waals surface area contributed by atoms with Crippen LogP contribution in [0.3, 0.4) is 0 Å². The zero-order valence-electron chi connectivity index (χ0n) is 14.4. The average molecular weight is 328 g/mol. The first-order chi connectivity index (χ1) is 11.7. The van der Waals surface area contributed by atoms with E-state index >= 15 is 0 Å². The van der Waals surface area contributed by atoms with Crippen molar-refractivity contribution in [1.29, 1.82) is 0 Å². The highest BCUT2D eigenvalue weighted by molar-refractivity contribution is 5.77. The highest BCUT2D eigenvalue weighted by Crippen LogP contribution is 2.43. The molecule has 0 spiro atoms. The Bertz CT molecular complexity index is 587. The van der Waals surface area contributed by atoms with Crippen LogP contribution in [0.25, 0.3) is 0 Å². The molecule has 2 saturated heterocycles. The molecule has 0 unspecified atom stereocenters. The molecule has 2 aliphatic heterocycles. The Morgan fingerprint density at radius 3 is 2.67 bits per heavy atom. The molecule has 130 valence electrons. The number of piperidine rings is 1. The fourth-order valence-corrected chi connectivity index (χ4v) is 4.59. The number of amides is 1. The molecular weight excluding hydrogens is 300 g/mol. The summed E-state index contributed by atoms with van der Waals surface area (Å²) in [6.07, 6.45) is 4.19. The van der Waals surface area contributed by atoms with E-state index in [1.807, 2.05) is 11.0 Å². The van der Waals surface area contributed by atoms with Gasteiger partial charge in [-0.3, -0.25) is 9.69 Å². The first-order valence-corrected chi connectivity index (χ1v) is 9.33. The zero-order valence-corrected chi connectivity index (χ0v) is 14.4. The molecule has 4 heteroatoms. The topological polar surface area (TPSA) is 43.8 Å². The van der Waals surface area contributed by atoms with Crippen molar-refractivity contribution in [1.82, 2.24) is 9.80 Å². The van der Waals surface area contributed by atoms with Gasteiger partial charge in [-0.15, -0.1) is 0 Å². The fourth-order valence-electron chi connectivity index (χ4n) is 4.59. The summed E-state index contributed by atoms with van der Waals surface area (Å²) >= 11 is 0. The number of likely N-dealkylation sites (tertiary alicyclic amines) is 2. The van der Waals surface area contributed by atoms with Gasteiger partial charge < -0.3 is 10.0 Å². The summed E-state index contributed by atoms with van der Waals surface area (Å²) in [7, 11) is 0. The van der Waals surface area contributed by atoms with Gasteiger partial charge in [-0.05, 0) is 36.7 Å². The van der Waals surface area contributed by atoms with Crippen LogP contribution >= 0.6 is 0 Å². The summed E-state index contributed by atoms with van der Waals surface area (Å²) in [4.78, 5) is 17.0. The third kappa shape index (κ3) is 3.22. The molecule has 3 fully saturated rings. The van der Waals surface area contributed by atoms with Gasteiger partial charge in [-0.1, -0.05) is 30.3 Å². The van der Waals surface area contributed by atoms with Gasteiger partial charge >= 0.3 is 0 Å². The SMILES string of the molecule is O=C(CC1CC1)N1CC[C@H]2CN(Cc3ccccc3)C[C@@]2(CO)C1. The van der Waals surface area contributed by atoms with Crippen LogP contribution in [-0.4, -0.2) is 53.6 Å². The number of aliphatic hydroxyl groups is 1. The summed E-state index contributed by atoms with van der Waals surface area (Å²) < 4.78 is 0. The molecule has 1 amide bonds. The summed E-state index contributed by atoms with van der Waals surface area (Å²) in [6.45, 7) is 4.68. The molecule has 2 atom stereocenters. The Hall–Kier alpha value is -1.39. The number of hydrogen-bond donors (Lipinski definition) is 1. The Labute approximate surface area is 144 Å². The Balaban J connectivity index is 1.42. The second-order valence-electron chi connectivity index (χ2n) is 8.12. The van der Waals surface area contributed by atoms with Crippen LogP contribution in [0.2, 0.25) is 0 Å². The summed E-state index contributed by atoms with van der Waals surface area (Å²) in [5, 5.41) is 10.2. The third-order valence-electron chi connectivity index (χ3n) is 6.21. The molecule has 0 aromatic heterocycles. The smallest absolute Gasteiger partial charge is 0.222 e. The second-order valence-corrected chi connectivity index (χ2v) is 8.12. The molecule has 24 heavy (non-hydrogen) atoms. The van der Waals surface area contributed by atoms with Gasteiger partial charge in [0, 0.05) is 44.6 Å². The molecule has 0 radical (unpaired) electrons. The van der Waals surface area contributed by atoms with E-state index in [0.717, 1.165) is 45.6 Å². The second kappa shape index (κ2) is 6.49. The Morgan fingerprint density at radius 2 is 1.96 bits per heavy atom. The van der Waals surface area contributed by atoms with Crippen molar-refractivity contribution >= 4 is 5.91 Å². The molecule has 0 bridgehead atoms. The predicted octanol–water partition coefficient (Wildman–Crippen LogP) is 2.13. The largest absolute Gasteiger partial charge is 0.396 e. The molecule has 3 aliphatic rings. The number of benzene rings is 1. The van der Waals surface area contributed by atoms with Crippen LogP contribution in [0, 0.1) is 17.3 Å². The molecule has 2 heterocycles. The van der Waals surface area contributed by atoms with E-state index < -0.39 is 0 Å². The quantitative estimate of drug-likeness (QED) is 0.900. The van der Waals surface area contributed by atoms with Crippen molar-refractivity contribution in [3.8, 4) is 0 Å². The maximum absolute atomic E-state index is 12.5. The van der Waals surface area contributed by atoms with Gasteiger partial charge in [0.05, 0.1) is 6.61 Å². The number of aliphatic hydroxyl groups excluding tert-OH is 1. The van der Waals surface area contributed by atoms with Crippen LogP contribution in [0.15, 0.2) is 30.3 Å². The minimum absolute atomic E-state index is 0.119. The van der Waals surface area contributed by atoms with Crippen LogP contribution in [0.1, 0.15) is 31.2 Å². The van der Waals surface area contributed by atoms with Crippen molar-refractivity contribution in [2.45, 2.75) is 32.2 Å². The van der Waals surface area contributed by atoms with Crippen molar-refractivity contribution in [3.05, 3.63) is 35.9 Å². The number of carbonyl (C=O) groups is 1. The van der Waals surface area contributed by atoms with Crippen LogP contribution in [0.4, 0.5) is 0 Å². The van der Waals surface area contributed by atoms with E-state index in [9.17, 15) is 9.90 Å². The van der Waals surface area contributed by atoms with E-state index in [4.69, 9.17) is 0 Å². The van der Waals surface area contributed by atoms with Crippen molar-refractivity contribution < 1.29 is 9.90 Å². The summed E-state index contributed by atoms with van der Waals surface area (Å²) in [6, 6.07) is 10.5. The van der Waals surface area contributed by atoms with E-state index in [1.165, 1.54) is 18.4 Å². The Morgan fingerprint density at radius 1 is 1.17 bits per heavy atom. The first-order valence-electron chi connectivity index (χ1n) is 9.33. The summed E-state index contributed by atoms with van der Waals surface area (Å²) in [5.41, 5.74) is 1.21. The average Bonchev–Trinajstić information content (AvgIpc) is 3.33. The van der Waals surface area contributed by atoms with E-state index in [0.29, 0.717) is 17.7 Å². The normalized spacial score (nSPS) is 30.4. The molecule has 1 saturated carbocycles. The highest BCUT2D eigenvalue weighted by atomic mass is 16.3. The van der Waals surface area contributed by atoms with E-state index in [1.54, 1.807) is 0 Å². The molecule has 1 aliphatic carbocycles. The van der Waals surface area contributed by atoms with E-state index in [2.05, 4.69) is 29.2 Å². The van der Waals surface area contributed by atoms with Gasteiger partial charge in [0.15, 0.2) is 0 Å². The maximum Gasteiger partial charge on any atom is 0.222 e. The van der Waals surface area contributed by atoms with Crippen LogP contribution in [-0.2, 0) is 11.3 Å². The number of fused-ring (bicyclic) bond motifs is 1. The van der Waals surface area contributed by atoms with Crippen LogP contribution in [0.5, 0.6) is 0 Å². The van der Waals surface area contributed by atoms with Crippen molar-refractivity contribution in [3.63, 3.8) is 0 Å². The van der Waals surface area contributed by atoms with Gasteiger partial charge in [0.1, 0.15) is 0 Å². The lowest BCUT2D eigenvalue weighted by Crippen LogP contribution is -2.52. The molecule has 4 nitrogen and oxygen atoms in total. The monoisotopic (exact) mass is 328 g/mol. The molecule has 1 aromatic carbocycles. The number of carbonyl (C=O) groups excluding carboxylic acids is 1. The number of nitrogens with zero attached hydrogens (tertiary/aromatic N) is 2. The number of hydrogen-bond acceptors (Lipinski definition) is 3. The molecular formula is C20H28N2O2. The lowest BCUT2D eigenvalue weighted by Gasteiger charge is -2.43.